The van der Waals surface area contributed by atoms with Crippen LogP contribution < -0.4 is 0 Å². The van der Waals surface area contributed by atoms with Crippen molar-refractivity contribution in [3.05, 3.63) is 58.5 Å². The minimum absolute atomic E-state index is 0.684. The van der Waals surface area contributed by atoms with Crippen molar-refractivity contribution in [3.63, 3.8) is 0 Å². The van der Waals surface area contributed by atoms with Gasteiger partial charge in [-0.1, -0.05) is 55.5 Å². The number of hydrogen-bond donors (Lipinski definition) is 1. The summed E-state index contributed by atoms with van der Waals surface area (Å²) in [6, 6.07) is 14.8. The molecule has 0 bridgehead atoms. The van der Waals surface area contributed by atoms with E-state index in [2.05, 4.69) is 59.4 Å². The van der Waals surface area contributed by atoms with Crippen LogP contribution in [0.2, 0.25) is 0 Å². The Morgan fingerprint density at radius 2 is 1.85 bits per heavy atom. The van der Waals surface area contributed by atoms with Crippen molar-refractivity contribution in [2.24, 2.45) is 0 Å². The maximum absolute atomic E-state index is 5.36. The van der Waals surface area contributed by atoms with Crippen LogP contribution in [0, 0.1) is 11.6 Å². The molecule has 20 heavy (non-hydrogen) atoms. The fourth-order valence-corrected chi connectivity index (χ4v) is 2.59. The maximum Gasteiger partial charge on any atom is 0.133 e. The Morgan fingerprint density at radius 3 is 2.60 bits per heavy atom. The first kappa shape index (κ1) is 13.0. The molecule has 0 spiro atoms. The van der Waals surface area contributed by atoms with E-state index in [1.54, 1.807) is 0 Å². The zero-order valence-electron chi connectivity index (χ0n) is 11.6. The molecule has 2 aromatic carbocycles. The number of hydrogen-bond acceptors (Lipinski definition) is 2. The van der Waals surface area contributed by atoms with Crippen LogP contribution in [0.3, 0.4) is 0 Å². The fraction of sp³-hybridized carbons (Fsp3) is 0.176. The highest BCUT2D eigenvalue weighted by molar-refractivity contribution is 7.71. The number of fused-ring (bicyclic) bond motifs is 1. The Labute approximate surface area is 123 Å². The van der Waals surface area contributed by atoms with Gasteiger partial charge in [0.15, 0.2) is 0 Å². The van der Waals surface area contributed by atoms with Crippen LogP contribution >= 0.6 is 12.2 Å². The molecule has 0 aliphatic rings. The number of nitrogens with zero attached hydrogens (tertiary/aromatic N) is 1. The van der Waals surface area contributed by atoms with Crippen molar-refractivity contribution in [2.45, 2.75) is 20.3 Å². The summed E-state index contributed by atoms with van der Waals surface area (Å²) in [5.74, 6) is 0.934. The van der Waals surface area contributed by atoms with E-state index < -0.39 is 0 Å². The molecule has 3 rings (SSSR count). The van der Waals surface area contributed by atoms with Crippen LogP contribution in [-0.2, 0) is 6.42 Å². The lowest BCUT2D eigenvalue weighted by Gasteiger charge is -2.10. The standard InChI is InChI=1S/C17H16N2S/c1-3-15-18-16(11(2)17(20)19-15)14-9-8-12-6-4-5-7-13(12)10-14/h4-10H,3H2,1-2H3,(H,18,19,20). The highest BCUT2D eigenvalue weighted by atomic mass is 32.1. The highest BCUT2D eigenvalue weighted by Gasteiger charge is 2.07. The lowest BCUT2D eigenvalue weighted by Crippen LogP contribution is -1.99. The third-order valence-corrected chi connectivity index (χ3v) is 3.97. The third kappa shape index (κ3) is 2.25. The highest BCUT2D eigenvalue weighted by Crippen LogP contribution is 2.25. The first-order chi connectivity index (χ1) is 9.69. The minimum atomic E-state index is 0.684. The summed E-state index contributed by atoms with van der Waals surface area (Å²) in [5, 5.41) is 2.48. The number of aromatic amines is 1. The molecule has 0 radical (unpaired) electrons. The van der Waals surface area contributed by atoms with Gasteiger partial charge in [0.1, 0.15) is 10.5 Å². The molecule has 1 aromatic heterocycles. The topological polar surface area (TPSA) is 28.7 Å². The van der Waals surface area contributed by atoms with E-state index in [1.807, 2.05) is 6.92 Å². The molecular formula is C17H16N2S. The quantitative estimate of drug-likeness (QED) is 0.681. The summed E-state index contributed by atoms with van der Waals surface area (Å²) in [4.78, 5) is 7.81. The molecule has 1 N–H and O–H groups in total. The largest absolute Gasteiger partial charge is 0.343 e. The van der Waals surface area contributed by atoms with E-state index in [0.717, 1.165) is 29.1 Å². The van der Waals surface area contributed by atoms with Crippen molar-refractivity contribution < 1.29 is 0 Å². The van der Waals surface area contributed by atoms with E-state index in [0.29, 0.717) is 4.64 Å². The van der Waals surface area contributed by atoms with Gasteiger partial charge in [-0.2, -0.15) is 0 Å². The molecule has 0 saturated carbocycles. The lowest BCUT2D eigenvalue weighted by molar-refractivity contribution is 0.926. The average Bonchev–Trinajstić information content (AvgIpc) is 2.49. The predicted molar refractivity (Wildman–Crippen MR) is 86.5 cm³/mol. The second-order valence-corrected chi connectivity index (χ2v) is 5.29. The minimum Gasteiger partial charge on any atom is -0.343 e. The van der Waals surface area contributed by atoms with Gasteiger partial charge in [0, 0.05) is 12.0 Å². The van der Waals surface area contributed by atoms with Crippen LogP contribution in [0.1, 0.15) is 18.3 Å². The van der Waals surface area contributed by atoms with E-state index in [9.17, 15) is 0 Å². The number of nitrogens with one attached hydrogen (secondary N) is 1. The normalized spacial score (nSPS) is 10.9. The van der Waals surface area contributed by atoms with E-state index >= 15 is 0 Å². The van der Waals surface area contributed by atoms with Gasteiger partial charge in [-0.05, 0) is 29.3 Å². The van der Waals surface area contributed by atoms with Gasteiger partial charge in [0.2, 0.25) is 0 Å². The van der Waals surface area contributed by atoms with Gasteiger partial charge < -0.3 is 4.98 Å². The summed E-state index contributed by atoms with van der Waals surface area (Å²) in [7, 11) is 0. The van der Waals surface area contributed by atoms with Crippen LogP contribution in [0.15, 0.2) is 42.5 Å². The number of benzene rings is 2. The molecule has 3 heteroatoms. The van der Waals surface area contributed by atoms with E-state index in [-0.39, 0.29) is 0 Å². The van der Waals surface area contributed by atoms with Gasteiger partial charge >= 0.3 is 0 Å². The zero-order chi connectivity index (χ0) is 14.1. The van der Waals surface area contributed by atoms with Crippen molar-refractivity contribution in [2.75, 3.05) is 0 Å². The van der Waals surface area contributed by atoms with Crippen LogP contribution in [0.25, 0.3) is 22.0 Å². The summed E-state index contributed by atoms with van der Waals surface area (Å²) >= 11 is 5.36. The molecule has 1 heterocycles. The second-order valence-electron chi connectivity index (χ2n) is 4.90. The second kappa shape index (κ2) is 5.17. The SMILES string of the molecule is CCc1nc(=S)c(C)c(-c2ccc3ccccc3c2)[nH]1. The van der Waals surface area contributed by atoms with Gasteiger partial charge in [-0.15, -0.1) is 0 Å². The van der Waals surface area contributed by atoms with Crippen molar-refractivity contribution >= 4 is 23.0 Å². The predicted octanol–water partition coefficient (Wildman–Crippen LogP) is 4.83. The van der Waals surface area contributed by atoms with Gasteiger partial charge in [0.25, 0.3) is 0 Å². The Bertz CT molecular complexity index is 834. The Morgan fingerprint density at radius 1 is 1.10 bits per heavy atom. The monoisotopic (exact) mass is 280 g/mol. The number of H-pyrrole nitrogens is 1. The molecule has 0 amide bonds. The molecule has 2 nitrogen and oxygen atoms in total. The van der Waals surface area contributed by atoms with Crippen LogP contribution in [0.4, 0.5) is 0 Å². The Balaban J connectivity index is 2.24. The maximum atomic E-state index is 5.36. The van der Waals surface area contributed by atoms with Crippen molar-refractivity contribution in [3.8, 4) is 11.3 Å². The number of aromatic nitrogens is 2. The number of aryl methyl sites for hydroxylation is 1. The summed E-state index contributed by atoms with van der Waals surface area (Å²) in [6.07, 6.45) is 0.852. The Kier molecular flexibility index (Phi) is 3.36. The smallest absolute Gasteiger partial charge is 0.133 e. The molecule has 100 valence electrons. The summed E-state index contributed by atoms with van der Waals surface area (Å²) < 4.78 is 0.684. The van der Waals surface area contributed by atoms with Gasteiger partial charge in [-0.3, -0.25) is 0 Å². The molecule has 0 aliphatic carbocycles. The average molecular weight is 280 g/mol. The fourth-order valence-electron chi connectivity index (χ4n) is 2.38. The molecular weight excluding hydrogens is 264 g/mol. The summed E-state index contributed by atoms with van der Waals surface area (Å²) in [5.41, 5.74) is 3.27. The molecule has 0 unspecified atom stereocenters. The Hall–Kier alpha value is -2.00. The van der Waals surface area contributed by atoms with Crippen LogP contribution in [0.5, 0.6) is 0 Å². The van der Waals surface area contributed by atoms with Crippen molar-refractivity contribution in [1.82, 2.24) is 9.97 Å². The van der Waals surface area contributed by atoms with E-state index in [4.69, 9.17) is 12.2 Å². The van der Waals surface area contributed by atoms with Gasteiger partial charge in [-0.25, -0.2) is 4.98 Å². The molecule has 0 atom stereocenters. The molecule has 0 fully saturated rings. The number of rotatable bonds is 2. The van der Waals surface area contributed by atoms with E-state index in [1.165, 1.54) is 10.8 Å². The van der Waals surface area contributed by atoms with Crippen molar-refractivity contribution in [1.29, 1.82) is 0 Å². The molecule has 0 saturated heterocycles. The van der Waals surface area contributed by atoms with Crippen LogP contribution in [-0.4, -0.2) is 9.97 Å². The lowest BCUT2D eigenvalue weighted by atomic mass is 10.0. The summed E-state index contributed by atoms with van der Waals surface area (Å²) in [6.45, 7) is 4.10. The molecule has 3 aromatic rings. The zero-order valence-corrected chi connectivity index (χ0v) is 12.4. The first-order valence-electron chi connectivity index (χ1n) is 6.78. The third-order valence-electron chi connectivity index (χ3n) is 3.57. The van der Waals surface area contributed by atoms with Gasteiger partial charge in [0.05, 0.1) is 5.69 Å². The first-order valence-corrected chi connectivity index (χ1v) is 7.19. The molecule has 0 aliphatic heterocycles.